The summed E-state index contributed by atoms with van der Waals surface area (Å²) in [6.45, 7) is 1.91. The molecule has 2 aromatic rings. The van der Waals surface area contributed by atoms with Crippen molar-refractivity contribution in [3.63, 3.8) is 0 Å². The van der Waals surface area contributed by atoms with Gasteiger partial charge in [-0.25, -0.2) is 0 Å². The van der Waals surface area contributed by atoms with E-state index >= 15 is 0 Å². The first kappa shape index (κ1) is 19.4. The lowest BCUT2D eigenvalue weighted by molar-refractivity contribution is -0.135. The van der Waals surface area contributed by atoms with Crippen LogP contribution in [0.2, 0.25) is 0 Å². The second kappa shape index (κ2) is 7.68. The second-order valence-electron chi connectivity index (χ2n) is 6.42. The summed E-state index contributed by atoms with van der Waals surface area (Å²) in [5, 5.41) is 19.5. The average Bonchev–Trinajstić information content (AvgIpc) is 2.93. The molecule has 0 aliphatic heterocycles. The third-order valence-corrected chi connectivity index (χ3v) is 4.84. The Morgan fingerprint density at radius 3 is 2.18 bits per heavy atom. The Hall–Kier alpha value is -3.41. The number of rotatable bonds is 6. The maximum Gasteiger partial charge on any atom is 0.307 e. The summed E-state index contributed by atoms with van der Waals surface area (Å²) in [7, 11) is 4.52. The van der Waals surface area contributed by atoms with E-state index < -0.39 is 5.97 Å². The summed E-state index contributed by atoms with van der Waals surface area (Å²) in [6, 6.07) is 9.04. The van der Waals surface area contributed by atoms with Crippen molar-refractivity contribution in [3.05, 3.63) is 52.6 Å². The number of benzene rings is 2. The van der Waals surface area contributed by atoms with Crippen LogP contribution in [0.5, 0.6) is 23.0 Å². The molecule has 0 unspecified atom stereocenters. The summed E-state index contributed by atoms with van der Waals surface area (Å²) >= 11 is 0. The fourth-order valence-corrected chi connectivity index (χ4v) is 3.43. The standard InChI is InChI=1S/C22H22O6/c1-12-16(7-13-8-19(27-3)22(25)20(9-13)28-4)15-6-5-14(26-2)10-18(15)17(12)11-21(23)24/h5-10,25H,11H2,1-4H3,(H,23,24)/b16-7+. The normalized spacial score (nSPS) is 14.2. The maximum atomic E-state index is 11.4. The van der Waals surface area contributed by atoms with Gasteiger partial charge in [-0.1, -0.05) is 6.07 Å². The van der Waals surface area contributed by atoms with Gasteiger partial charge in [0.1, 0.15) is 5.75 Å². The molecule has 0 spiro atoms. The highest BCUT2D eigenvalue weighted by Gasteiger charge is 2.26. The first-order chi connectivity index (χ1) is 13.4. The topological polar surface area (TPSA) is 85.2 Å². The fraction of sp³-hybridized carbons (Fsp3) is 0.227. The number of carboxylic acids is 1. The van der Waals surface area contributed by atoms with E-state index in [2.05, 4.69) is 0 Å². The zero-order valence-electron chi connectivity index (χ0n) is 16.2. The quantitative estimate of drug-likeness (QED) is 0.778. The van der Waals surface area contributed by atoms with Crippen molar-refractivity contribution in [3.8, 4) is 23.0 Å². The molecule has 28 heavy (non-hydrogen) atoms. The molecule has 1 aliphatic carbocycles. The number of ether oxygens (including phenoxy) is 3. The largest absolute Gasteiger partial charge is 0.502 e. The van der Waals surface area contributed by atoms with Gasteiger partial charge in [-0.15, -0.1) is 0 Å². The minimum atomic E-state index is -0.891. The molecule has 0 bridgehead atoms. The number of carboxylic acid groups (broad SMARTS) is 1. The number of hydrogen-bond donors (Lipinski definition) is 2. The van der Waals surface area contributed by atoms with Crippen LogP contribution in [-0.4, -0.2) is 37.5 Å². The smallest absolute Gasteiger partial charge is 0.307 e. The molecule has 2 aromatic carbocycles. The van der Waals surface area contributed by atoms with Crippen LogP contribution in [0.25, 0.3) is 17.2 Å². The highest BCUT2D eigenvalue weighted by Crippen LogP contribution is 2.46. The summed E-state index contributed by atoms with van der Waals surface area (Å²) in [4.78, 5) is 11.4. The lowest BCUT2D eigenvalue weighted by Gasteiger charge is -2.11. The third-order valence-electron chi connectivity index (χ3n) is 4.84. The van der Waals surface area contributed by atoms with Gasteiger partial charge < -0.3 is 24.4 Å². The first-order valence-electron chi connectivity index (χ1n) is 8.67. The summed E-state index contributed by atoms with van der Waals surface area (Å²) in [5.41, 5.74) is 5.09. The van der Waals surface area contributed by atoms with Crippen LogP contribution in [-0.2, 0) is 4.79 Å². The maximum absolute atomic E-state index is 11.4. The van der Waals surface area contributed by atoms with E-state index in [-0.39, 0.29) is 12.2 Å². The van der Waals surface area contributed by atoms with E-state index in [9.17, 15) is 15.0 Å². The van der Waals surface area contributed by atoms with Gasteiger partial charge in [0.15, 0.2) is 11.5 Å². The minimum absolute atomic E-state index is 0.0671. The lowest BCUT2D eigenvalue weighted by atomic mass is 10.00. The first-order valence-corrected chi connectivity index (χ1v) is 8.67. The molecular weight excluding hydrogens is 360 g/mol. The van der Waals surface area contributed by atoms with Crippen LogP contribution in [0.1, 0.15) is 30.0 Å². The number of fused-ring (bicyclic) bond motifs is 1. The van der Waals surface area contributed by atoms with Crippen molar-refractivity contribution < 1.29 is 29.2 Å². The zero-order valence-corrected chi connectivity index (χ0v) is 16.2. The van der Waals surface area contributed by atoms with E-state index in [0.29, 0.717) is 17.2 Å². The van der Waals surface area contributed by atoms with Crippen LogP contribution in [0, 0.1) is 0 Å². The van der Waals surface area contributed by atoms with E-state index in [1.807, 2.05) is 31.2 Å². The van der Waals surface area contributed by atoms with Gasteiger partial charge in [-0.2, -0.15) is 0 Å². The summed E-state index contributed by atoms with van der Waals surface area (Å²) < 4.78 is 15.8. The molecular formula is C22H22O6. The Bertz CT molecular complexity index is 975. The highest BCUT2D eigenvalue weighted by molar-refractivity contribution is 6.07. The van der Waals surface area contributed by atoms with E-state index in [4.69, 9.17) is 14.2 Å². The number of hydrogen-bond acceptors (Lipinski definition) is 5. The van der Waals surface area contributed by atoms with E-state index in [1.54, 1.807) is 19.2 Å². The Morgan fingerprint density at radius 1 is 1.00 bits per heavy atom. The molecule has 1 aliphatic rings. The van der Waals surface area contributed by atoms with Crippen LogP contribution < -0.4 is 14.2 Å². The predicted octanol–water partition coefficient (Wildman–Crippen LogP) is 4.22. The Morgan fingerprint density at radius 2 is 1.64 bits per heavy atom. The number of methoxy groups -OCH3 is 3. The number of carbonyl (C=O) groups is 1. The van der Waals surface area contributed by atoms with Gasteiger partial charge in [0.2, 0.25) is 5.75 Å². The van der Waals surface area contributed by atoms with Crippen molar-refractivity contribution in [2.45, 2.75) is 13.3 Å². The van der Waals surface area contributed by atoms with Crippen LogP contribution in [0.4, 0.5) is 0 Å². The number of aliphatic carboxylic acids is 1. The van der Waals surface area contributed by atoms with Gasteiger partial charge in [0, 0.05) is 0 Å². The molecule has 0 saturated heterocycles. The van der Waals surface area contributed by atoms with E-state index in [0.717, 1.165) is 33.4 Å². The Kier molecular flexibility index (Phi) is 5.31. The van der Waals surface area contributed by atoms with Crippen molar-refractivity contribution in [1.82, 2.24) is 0 Å². The monoisotopic (exact) mass is 382 g/mol. The molecule has 0 amide bonds. The average molecular weight is 382 g/mol. The van der Waals surface area contributed by atoms with Crippen LogP contribution in [0.15, 0.2) is 35.9 Å². The number of aromatic hydroxyl groups is 1. The lowest BCUT2D eigenvalue weighted by Crippen LogP contribution is -1.97. The highest BCUT2D eigenvalue weighted by atomic mass is 16.5. The molecule has 0 heterocycles. The molecule has 3 rings (SSSR count). The van der Waals surface area contributed by atoms with Gasteiger partial charge in [0.05, 0.1) is 27.8 Å². The second-order valence-corrected chi connectivity index (χ2v) is 6.42. The molecule has 0 saturated carbocycles. The number of allylic oxidation sites excluding steroid dienone is 2. The number of phenolic OH excluding ortho intramolecular Hbond substituents is 1. The van der Waals surface area contributed by atoms with Crippen molar-refractivity contribution in [1.29, 1.82) is 0 Å². The number of phenols is 1. The fourth-order valence-electron chi connectivity index (χ4n) is 3.43. The Balaban J connectivity index is 2.19. The Labute approximate surface area is 163 Å². The third kappa shape index (κ3) is 3.41. The summed E-state index contributed by atoms with van der Waals surface area (Å²) in [6.07, 6.45) is 1.85. The molecule has 6 heteroatoms. The molecule has 2 N–H and O–H groups in total. The van der Waals surface area contributed by atoms with Crippen molar-refractivity contribution in [2.75, 3.05) is 21.3 Å². The van der Waals surface area contributed by atoms with Crippen molar-refractivity contribution in [2.24, 2.45) is 0 Å². The van der Waals surface area contributed by atoms with Crippen LogP contribution >= 0.6 is 0 Å². The van der Waals surface area contributed by atoms with Gasteiger partial charge in [0.25, 0.3) is 0 Å². The summed E-state index contributed by atoms with van der Waals surface area (Å²) in [5.74, 6) is 0.307. The molecule has 0 radical (unpaired) electrons. The molecule has 6 nitrogen and oxygen atoms in total. The van der Waals surface area contributed by atoms with Gasteiger partial charge in [-0.05, 0) is 70.7 Å². The zero-order chi connectivity index (χ0) is 20.4. The van der Waals surface area contributed by atoms with Crippen molar-refractivity contribution >= 4 is 23.2 Å². The molecule has 0 atom stereocenters. The van der Waals surface area contributed by atoms with E-state index in [1.165, 1.54) is 14.2 Å². The SMILES string of the molecule is COc1ccc2c(c1)C(CC(=O)O)=C(C)/C2=C\c1cc(OC)c(O)c(OC)c1. The molecule has 0 aromatic heterocycles. The van der Waals surface area contributed by atoms with Gasteiger partial charge >= 0.3 is 5.97 Å². The predicted molar refractivity (Wildman–Crippen MR) is 107 cm³/mol. The minimum Gasteiger partial charge on any atom is -0.502 e. The molecule has 146 valence electrons. The van der Waals surface area contributed by atoms with Gasteiger partial charge in [-0.3, -0.25) is 4.79 Å². The van der Waals surface area contributed by atoms with Crippen LogP contribution in [0.3, 0.4) is 0 Å². The molecule has 0 fully saturated rings.